The molecule has 1 aliphatic heterocycles. The Morgan fingerprint density at radius 2 is 1.91 bits per heavy atom. The van der Waals surface area contributed by atoms with Crippen LogP contribution in [0.4, 0.5) is 11.6 Å². The van der Waals surface area contributed by atoms with E-state index >= 15 is 0 Å². The minimum absolute atomic E-state index is 0.0814. The van der Waals surface area contributed by atoms with Crippen molar-refractivity contribution in [3.05, 3.63) is 46.4 Å². The summed E-state index contributed by atoms with van der Waals surface area (Å²) in [5, 5.41) is 0. The Bertz CT molecular complexity index is 721. The maximum Gasteiger partial charge on any atom is 0.252 e. The summed E-state index contributed by atoms with van der Waals surface area (Å²) in [6, 6.07) is 9.66. The molecule has 0 aliphatic carbocycles. The number of anilines is 2. The van der Waals surface area contributed by atoms with E-state index in [0.29, 0.717) is 5.95 Å². The lowest BCUT2D eigenvalue weighted by molar-refractivity contribution is 0.414. The van der Waals surface area contributed by atoms with Gasteiger partial charge >= 0.3 is 0 Å². The minimum Gasteiger partial charge on any atom is -0.497 e. The van der Waals surface area contributed by atoms with Gasteiger partial charge in [-0.1, -0.05) is 13.0 Å². The van der Waals surface area contributed by atoms with Crippen molar-refractivity contribution in [2.75, 3.05) is 43.1 Å². The molecule has 3 rings (SSSR count). The molecule has 0 bridgehead atoms. The van der Waals surface area contributed by atoms with E-state index in [9.17, 15) is 4.79 Å². The second-order valence-electron chi connectivity index (χ2n) is 5.59. The highest BCUT2D eigenvalue weighted by Gasteiger charge is 2.19. The van der Waals surface area contributed by atoms with Crippen LogP contribution >= 0.6 is 0 Å². The Morgan fingerprint density at radius 1 is 1.17 bits per heavy atom. The minimum atomic E-state index is -0.0814. The smallest absolute Gasteiger partial charge is 0.252 e. The van der Waals surface area contributed by atoms with Crippen molar-refractivity contribution in [2.45, 2.75) is 13.3 Å². The summed E-state index contributed by atoms with van der Waals surface area (Å²) in [6.07, 6.45) is 0.765. The first-order valence-corrected chi connectivity index (χ1v) is 7.94. The third-order valence-electron chi connectivity index (χ3n) is 4.14. The van der Waals surface area contributed by atoms with Crippen LogP contribution in [0.2, 0.25) is 0 Å². The SMILES string of the molecule is CCc1cc(=O)[nH]c(N2CCN(c3cccc(OC)c3)CC2)n1. The van der Waals surface area contributed by atoms with Gasteiger partial charge in [-0.3, -0.25) is 9.78 Å². The highest BCUT2D eigenvalue weighted by Crippen LogP contribution is 2.22. The third-order valence-corrected chi connectivity index (χ3v) is 4.14. The molecule has 1 aromatic heterocycles. The predicted octanol–water partition coefficient (Wildman–Crippen LogP) is 1.67. The largest absolute Gasteiger partial charge is 0.497 e. The van der Waals surface area contributed by atoms with Gasteiger partial charge in [-0.15, -0.1) is 0 Å². The van der Waals surface area contributed by atoms with Crippen LogP contribution in [-0.2, 0) is 6.42 Å². The Kier molecular flexibility index (Phi) is 4.50. The molecule has 1 aromatic carbocycles. The number of piperazine rings is 1. The highest BCUT2D eigenvalue weighted by molar-refractivity contribution is 5.52. The maximum absolute atomic E-state index is 11.7. The summed E-state index contributed by atoms with van der Waals surface area (Å²) in [7, 11) is 1.68. The van der Waals surface area contributed by atoms with Gasteiger partial charge in [0.1, 0.15) is 5.75 Å². The standard InChI is InChI=1S/C17H22N4O2/c1-3-13-11-16(22)19-17(18-13)21-9-7-20(8-10-21)14-5-4-6-15(12-14)23-2/h4-6,11-12H,3,7-10H2,1-2H3,(H,18,19,22). The second kappa shape index (κ2) is 6.73. The van der Waals surface area contributed by atoms with E-state index in [1.165, 1.54) is 0 Å². The number of aromatic amines is 1. The van der Waals surface area contributed by atoms with E-state index in [1.54, 1.807) is 13.2 Å². The number of ether oxygens (including phenoxy) is 1. The molecule has 0 spiro atoms. The topological polar surface area (TPSA) is 61.5 Å². The van der Waals surface area contributed by atoms with Crippen molar-refractivity contribution in [2.24, 2.45) is 0 Å². The van der Waals surface area contributed by atoms with E-state index in [2.05, 4.69) is 25.8 Å². The molecule has 6 nitrogen and oxygen atoms in total. The van der Waals surface area contributed by atoms with Gasteiger partial charge in [-0.05, 0) is 18.6 Å². The van der Waals surface area contributed by atoms with Crippen LogP contribution in [-0.4, -0.2) is 43.3 Å². The number of nitrogens with zero attached hydrogens (tertiary/aromatic N) is 3. The van der Waals surface area contributed by atoms with Crippen molar-refractivity contribution in [3.63, 3.8) is 0 Å². The maximum atomic E-state index is 11.7. The first kappa shape index (κ1) is 15.4. The van der Waals surface area contributed by atoms with Gasteiger partial charge in [-0.2, -0.15) is 0 Å². The molecule has 23 heavy (non-hydrogen) atoms. The summed E-state index contributed by atoms with van der Waals surface area (Å²) in [5.74, 6) is 1.55. The van der Waals surface area contributed by atoms with Gasteiger partial charge in [0.2, 0.25) is 5.95 Å². The van der Waals surface area contributed by atoms with Gasteiger partial charge < -0.3 is 14.5 Å². The Hall–Kier alpha value is -2.50. The Morgan fingerprint density at radius 3 is 2.61 bits per heavy atom. The summed E-state index contributed by atoms with van der Waals surface area (Å²) >= 11 is 0. The number of hydrogen-bond acceptors (Lipinski definition) is 5. The lowest BCUT2D eigenvalue weighted by Crippen LogP contribution is -2.47. The molecule has 0 atom stereocenters. The van der Waals surface area contributed by atoms with E-state index in [-0.39, 0.29) is 5.56 Å². The number of H-pyrrole nitrogens is 1. The number of methoxy groups -OCH3 is 1. The highest BCUT2D eigenvalue weighted by atomic mass is 16.5. The fourth-order valence-electron chi connectivity index (χ4n) is 2.81. The van der Waals surface area contributed by atoms with Gasteiger partial charge in [0, 0.05) is 49.7 Å². The fraction of sp³-hybridized carbons (Fsp3) is 0.412. The summed E-state index contributed by atoms with van der Waals surface area (Å²) in [5.41, 5.74) is 1.91. The lowest BCUT2D eigenvalue weighted by atomic mass is 10.2. The zero-order valence-corrected chi connectivity index (χ0v) is 13.6. The molecule has 1 N–H and O–H groups in total. The molecule has 1 aliphatic rings. The van der Waals surface area contributed by atoms with Crippen LogP contribution < -0.4 is 20.1 Å². The fourth-order valence-corrected chi connectivity index (χ4v) is 2.81. The predicted molar refractivity (Wildman–Crippen MR) is 91.7 cm³/mol. The molecule has 1 saturated heterocycles. The zero-order chi connectivity index (χ0) is 16.2. The van der Waals surface area contributed by atoms with Crippen LogP contribution in [0, 0.1) is 0 Å². The first-order chi connectivity index (χ1) is 11.2. The first-order valence-electron chi connectivity index (χ1n) is 7.94. The zero-order valence-electron chi connectivity index (χ0n) is 13.6. The van der Waals surface area contributed by atoms with Crippen molar-refractivity contribution in [1.29, 1.82) is 0 Å². The van der Waals surface area contributed by atoms with Crippen LogP contribution in [0.25, 0.3) is 0 Å². The molecule has 2 heterocycles. The van der Waals surface area contributed by atoms with Gasteiger partial charge in [0.15, 0.2) is 0 Å². The number of aryl methyl sites for hydroxylation is 1. The molecule has 6 heteroatoms. The number of nitrogens with one attached hydrogen (secondary N) is 1. The van der Waals surface area contributed by atoms with Crippen molar-refractivity contribution >= 4 is 11.6 Å². The molecular weight excluding hydrogens is 292 g/mol. The molecular formula is C17H22N4O2. The Labute approximate surface area is 135 Å². The van der Waals surface area contributed by atoms with Crippen LogP contribution in [0.3, 0.4) is 0 Å². The van der Waals surface area contributed by atoms with Crippen molar-refractivity contribution in [3.8, 4) is 5.75 Å². The van der Waals surface area contributed by atoms with E-state index in [0.717, 1.165) is 49.7 Å². The molecule has 0 saturated carbocycles. The lowest BCUT2D eigenvalue weighted by Gasteiger charge is -2.36. The van der Waals surface area contributed by atoms with Crippen LogP contribution in [0.5, 0.6) is 5.75 Å². The number of aromatic nitrogens is 2. The number of rotatable bonds is 4. The molecule has 0 radical (unpaired) electrons. The van der Waals surface area contributed by atoms with Crippen molar-refractivity contribution in [1.82, 2.24) is 9.97 Å². The third kappa shape index (κ3) is 3.47. The van der Waals surface area contributed by atoms with Crippen LogP contribution in [0.1, 0.15) is 12.6 Å². The monoisotopic (exact) mass is 314 g/mol. The molecule has 2 aromatic rings. The summed E-state index contributed by atoms with van der Waals surface area (Å²) < 4.78 is 5.29. The molecule has 122 valence electrons. The number of hydrogen-bond donors (Lipinski definition) is 1. The average molecular weight is 314 g/mol. The average Bonchev–Trinajstić information content (AvgIpc) is 2.61. The quantitative estimate of drug-likeness (QED) is 0.930. The molecule has 1 fully saturated rings. The Balaban J connectivity index is 1.70. The second-order valence-corrected chi connectivity index (χ2v) is 5.59. The van der Waals surface area contributed by atoms with Gasteiger partial charge in [0.25, 0.3) is 5.56 Å². The summed E-state index contributed by atoms with van der Waals surface area (Å²) in [4.78, 5) is 23.6. The number of benzene rings is 1. The molecule has 0 unspecified atom stereocenters. The van der Waals surface area contributed by atoms with Crippen molar-refractivity contribution < 1.29 is 4.74 Å². The summed E-state index contributed by atoms with van der Waals surface area (Å²) in [6.45, 7) is 5.42. The van der Waals surface area contributed by atoms with E-state index in [1.807, 2.05) is 25.1 Å². The normalized spacial score (nSPS) is 14.9. The molecule has 0 amide bonds. The van der Waals surface area contributed by atoms with E-state index in [4.69, 9.17) is 4.74 Å². The van der Waals surface area contributed by atoms with Gasteiger partial charge in [-0.25, -0.2) is 4.98 Å². The van der Waals surface area contributed by atoms with Crippen LogP contribution in [0.15, 0.2) is 35.1 Å². The van der Waals surface area contributed by atoms with Gasteiger partial charge in [0.05, 0.1) is 7.11 Å². The van der Waals surface area contributed by atoms with E-state index < -0.39 is 0 Å².